The van der Waals surface area contributed by atoms with Gasteiger partial charge in [0.05, 0.1) is 16.7 Å². The molecule has 0 saturated carbocycles. The number of hydrogen-bond acceptors (Lipinski definition) is 5. The molecule has 118 valence electrons. The zero-order valence-electron chi connectivity index (χ0n) is 13.0. The Hall–Kier alpha value is -3.21. The molecule has 0 amide bonds. The number of carbonyl (C=O) groups is 1. The molecule has 3 aromatic rings. The minimum atomic E-state index is -0.177. The molecule has 0 bridgehead atoms. The Labute approximate surface area is 138 Å². The second kappa shape index (κ2) is 5.77. The van der Waals surface area contributed by atoms with Gasteiger partial charge in [-0.1, -0.05) is 24.3 Å². The van der Waals surface area contributed by atoms with Crippen molar-refractivity contribution in [1.82, 2.24) is 9.97 Å². The van der Waals surface area contributed by atoms with Crippen LogP contribution in [0.5, 0.6) is 11.5 Å². The summed E-state index contributed by atoms with van der Waals surface area (Å²) in [6, 6.07) is 13.0. The first-order valence-corrected chi connectivity index (χ1v) is 7.56. The first-order chi connectivity index (χ1) is 11.7. The summed E-state index contributed by atoms with van der Waals surface area (Å²) < 4.78 is 10.6. The van der Waals surface area contributed by atoms with Gasteiger partial charge in [-0.2, -0.15) is 0 Å². The molecule has 0 radical (unpaired) electrons. The van der Waals surface area contributed by atoms with Gasteiger partial charge in [-0.3, -0.25) is 4.79 Å². The van der Waals surface area contributed by atoms with Crippen LogP contribution >= 0.6 is 0 Å². The second-order valence-corrected chi connectivity index (χ2v) is 5.46. The first-order valence-electron chi connectivity index (χ1n) is 7.56. The van der Waals surface area contributed by atoms with Crippen molar-refractivity contribution in [3.8, 4) is 11.5 Å². The van der Waals surface area contributed by atoms with Gasteiger partial charge >= 0.3 is 0 Å². The van der Waals surface area contributed by atoms with Crippen molar-refractivity contribution >= 4 is 22.9 Å². The van der Waals surface area contributed by atoms with E-state index in [9.17, 15) is 4.79 Å². The van der Waals surface area contributed by atoms with Crippen LogP contribution in [0.25, 0.3) is 17.1 Å². The molecule has 24 heavy (non-hydrogen) atoms. The summed E-state index contributed by atoms with van der Waals surface area (Å²) in [6.45, 7) is 2.02. The number of fused-ring (bicyclic) bond motifs is 2. The number of hydrogen-bond donors (Lipinski definition) is 0. The van der Waals surface area contributed by atoms with E-state index >= 15 is 0 Å². The highest BCUT2D eigenvalue weighted by Gasteiger charge is 2.13. The van der Waals surface area contributed by atoms with E-state index in [2.05, 4.69) is 9.97 Å². The maximum Gasteiger partial charge on any atom is 0.231 e. The van der Waals surface area contributed by atoms with Crippen molar-refractivity contribution in [2.24, 2.45) is 0 Å². The highest BCUT2D eigenvalue weighted by Crippen LogP contribution is 2.32. The number of carbonyl (C=O) groups excluding carboxylic acids is 1. The zero-order valence-corrected chi connectivity index (χ0v) is 13.0. The van der Waals surface area contributed by atoms with Gasteiger partial charge in [-0.05, 0) is 42.8 Å². The van der Waals surface area contributed by atoms with Gasteiger partial charge < -0.3 is 9.47 Å². The van der Waals surface area contributed by atoms with E-state index in [1.165, 1.54) is 6.08 Å². The molecule has 1 aliphatic heterocycles. The van der Waals surface area contributed by atoms with E-state index in [1.54, 1.807) is 13.0 Å². The highest BCUT2D eigenvalue weighted by molar-refractivity contribution is 6.07. The van der Waals surface area contributed by atoms with Crippen LogP contribution in [-0.4, -0.2) is 22.5 Å². The Kier molecular flexibility index (Phi) is 3.46. The van der Waals surface area contributed by atoms with Crippen LogP contribution in [0, 0.1) is 6.92 Å². The fraction of sp³-hybridized carbons (Fsp3) is 0.105. The van der Waals surface area contributed by atoms with Crippen LogP contribution < -0.4 is 9.47 Å². The van der Waals surface area contributed by atoms with Gasteiger partial charge in [0.1, 0.15) is 5.69 Å². The van der Waals surface area contributed by atoms with Crippen molar-refractivity contribution in [3.63, 3.8) is 0 Å². The minimum Gasteiger partial charge on any atom is -0.454 e. The highest BCUT2D eigenvalue weighted by atomic mass is 16.7. The number of ketones is 1. The summed E-state index contributed by atoms with van der Waals surface area (Å²) in [5.41, 5.74) is 3.34. The predicted molar refractivity (Wildman–Crippen MR) is 90.2 cm³/mol. The third kappa shape index (κ3) is 2.60. The molecule has 2 heterocycles. The second-order valence-electron chi connectivity index (χ2n) is 5.46. The molecule has 4 rings (SSSR count). The minimum absolute atomic E-state index is 0.177. The molecule has 0 atom stereocenters. The Morgan fingerprint density at radius 3 is 2.62 bits per heavy atom. The average Bonchev–Trinajstić information content (AvgIpc) is 3.06. The van der Waals surface area contributed by atoms with Crippen LogP contribution in [0.4, 0.5) is 0 Å². The number of allylic oxidation sites excluding steroid dienone is 1. The molecule has 0 N–H and O–H groups in total. The standard InChI is InChI=1S/C19H14N2O3/c1-12-19(21-15-5-3-2-4-14(15)20-12)16(22)8-6-13-7-9-17-18(10-13)24-11-23-17/h2-10H,11H2,1H3/b8-6+. The van der Waals surface area contributed by atoms with Gasteiger partial charge in [0, 0.05) is 0 Å². The van der Waals surface area contributed by atoms with Gasteiger partial charge in [0.25, 0.3) is 0 Å². The van der Waals surface area contributed by atoms with E-state index in [-0.39, 0.29) is 12.6 Å². The summed E-state index contributed by atoms with van der Waals surface area (Å²) in [5.74, 6) is 1.23. The Balaban J connectivity index is 1.63. The molecule has 5 heteroatoms. The number of ether oxygens (including phenoxy) is 2. The average molecular weight is 318 g/mol. The van der Waals surface area contributed by atoms with Gasteiger partial charge in [0.2, 0.25) is 12.6 Å². The lowest BCUT2D eigenvalue weighted by molar-refractivity contribution is 0.104. The Bertz CT molecular complexity index is 980. The van der Waals surface area contributed by atoms with E-state index in [4.69, 9.17) is 9.47 Å². The third-order valence-corrected chi connectivity index (χ3v) is 3.80. The number of nitrogens with zero attached hydrogens (tertiary/aromatic N) is 2. The molecule has 5 nitrogen and oxygen atoms in total. The zero-order chi connectivity index (χ0) is 16.5. The van der Waals surface area contributed by atoms with E-state index < -0.39 is 0 Å². The fourth-order valence-corrected chi connectivity index (χ4v) is 2.59. The molecular weight excluding hydrogens is 304 g/mol. The lowest BCUT2D eigenvalue weighted by Gasteiger charge is -2.03. The SMILES string of the molecule is Cc1nc2ccccc2nc1C(=O)/C=C/c1ccc2c(c1)OCO2. The maximum atomic E-state index is 12.5. The molecule has 0 fully saturated rings. The molecule has 1 aliphatic rings. The first kappa shape index (κ1) is 14.4. The monoisotopic (exact) mass is 318 g/mol. The van der Waals surface area contributed by atoms with Gasteiger partial charge in [-0.25, -0.2) is 9.97 Å². The largest absolute Gasteiger partial charge is 0.454 e. The van der Waals surface area contributed by atoms with Crippen LogP contribution in [0.2, 0.25) is 0 Å². The molecule has 0 aliphatic carbocycles. The van der Waals surface area contributed by atoms with Crippen molar-refractivity contribution in [2.45, 2.75) is 6.92 Å². The summed E-state index contributed by atoms with van der Waals surface area (Å²) in [6.07, 6.45) is 3.24. The summed E-state index contributed by atoms with van der Waals surface area (Å²) in [5, 5.41) is 0. The number of benzene rings is 2. The Morgan fingerprint density at radius 1 is 1.04 bits per heavy atom. The van der Waals surface area contributed by atoms with Crippen LogP contribution in [0.1, 0.15) is 21.7 Å². The number of aromatic nitrogens is 2. The topological polar surface area (TPSA) is 61.3 Å². The molecular formula is C19H14N2O3. The van der Waals surface area contributed by atoms with E-state index in [1.807, 2.05) is 42.5 Å². The molecule has 2 aromatic carbocycles. The lowest BCUT2D eigenvalue weighted by atomic mass is 10.1. The van der Waals surface area contributed by atoms with E-state index in [0.29, 0.717) is 22.7 Å². The summed E-state index contributed by atoms with van der Waals surface area (Å²) in [7, 11) is 0. The van der Waals surface area contributed by atoms with E-state index in [0.717, 1.165) is 16.8 Å². The number of rotatable bonds is 3. The predicted octanol–water partition coefficient (Wildman–Crippen LogP) is 3.56. The Morgan fingerprint density at radius 2 is 1.79 bits per heavy atom. The molecule has 0 spiro atoms. The van der Waals surface area contributed by atoms with Gasteiger partial charge in [-0.15, -0.1) is 0 Å². The molecule has 0 unspecified atom stereocenters. The molecule has 1 aromatic heterocycles. The summed E-state index contributed by atoms with van der Waals surface area (Å²) >= 11 is 0. The molecule has 0 saturated heterocycles. The lowest BCUT2D eigenvalue weighted by Crippen LogP contribution is -2.04. The number of aryl methyl sites for hydroxylation is 1. The van der Waals surface area contributed by atoms with Crippen LogP contribution in [-0.2, 0) is 0 Å². The van der Waals surface area contributed by atoms with Crippen molar-refractivity contribution in [2.75, 3.05) is 6.79 Å². The van der Waals surface area contributed by atoms with Crippen molar-refractivity contribution in [1.29, 1.82) is 0 Å². The van der Waals surface area contributed by atoms with Crippen molar-refractivity contribution in [3.05, 3.63) is 65.5 Å². The normalized spacial score (nSPS) is 12.9. The third-order valence-electron chi connectivity index (χ3n) is 3.80. The maximum absolute atomic E-state index is 12.5. The van der Waals surface area contributed by atoms with Crippen LogP contribution in [0.15, 0.2) is 48.5 Å². The van der Waals surface area contributed by atoms with Gasteiger partial charge in [0.15, 0.2) is 11.5 Å². The number of para-hydroxylation sites is 2. The smallest absolute Gasteiger partial charge is 0.231 e. The van der Waals surface area contributed by atoms with Crippen molar-refractivity contribution < 1.29 is 14.3 Å². The van der Waals surface area contributed by atoms with Crippen LogP contribution in [0.3, 0.4) is 0 Å². The summed E-state index contributed by atoms with van der Waals surface area (Å²) in [4.78, 5) is 21.4. The quantitative estimate of drug-likeness (QED) is 0.546. The fourth-order valence-electron chi connectivity index (χ4n) is 2.59.